The third-order valence-corrected chi connectivity index (χ3v) is 3.70. The van der Waals surface area contributed by atoms with Crippen molar-refractivity contribution in [2.75, 3.05) is 18.5 Å². The quantitative estimate of drug-likeness (QED) is 0.812. The Balaban J connectivity index is 2.14. The van der Waals surface area contributed by atoms with Gasteiger partial charge in [0.25, 0.3) is 0 Å². The molecular weight excluding hydrogens is 288 g/mol. The Hall–Kier alpha value is -1.31. The lowest BCUT2D eigenvalue weighted by Crippen LogP contribution is -2.24. The van der Waals surface area contributed by atoms with Gasteiger partial charge in [0.05, 0.1) is 22.3 Å². The van der Waals surface area contributed by atoms with E-state index in [2.05, 4.69) is 9.71 Å². The van der Waals surface area contributed by atoms with Gasteiger partial charge in [0.2, 0.25) is 16.0 Å². The molecule has 0 amide bonds. The van der Waals surface area contributed by atoms with Gasteiger partial charge in [-0.3, -0.25) is 0 Å². The highest BCUT2D eigenvalue weighted by molar-refractivity contribution is 7.88. The predicted molar refractivity (Wildman–Crippen MR) is 76.6 cm³/mol. The molecule has 0 fully saturated rings. The summed E-state index contributed by atoms with van der Waals surface area (Å²) in [5, 5.41) is 0.581. The maximum Gasteiger partial charge on any atom is 0.208 e. The van der Waals surface area contributed by atoms with Crippen LogP contribution in [0.25, 0.3) is 11.0 Å². The molecule has 104 valence electrons. The van der Waals surface area contributed by atoms with E-state index < -0.39 is 10.0 Å². The molecule has 0 saturated carbocycles. The van der Waals surface area contributed by atoms with Crippen molar-refractivity contribution in [2.24, 2.45) is 0 Å². The molecular formula is C11H15ClN4O2S. The molecule has 6 nitrogen and oxygen atoms in total. The van der Waals surface area contributed by atoms with Gasteiger partial charge in [-0.05, 0) is 18.6 Å². The summed E-state index contributed by atoms with van der Waals surface area (Å²) in [7, 11) is -3.16. The van der Waals surface area contributed by atoms with Crippen LogP contribution in [-0.2, 0) is 16.6 Å². The largest absolute Gasteiger partial charge is 0.369 e. The number of hydrogen-bond acceptors (Lipinski definition) is 4. The number of fused-ring (bicyclic) bond motifs is 1. The zero-order valence-electron chi connectivity index (χ0n) is 10.4. The normalized spacial score (nSPS) is 12.1. The van der Waals surface area contributed by atoms with Crippen LogP contribution < -0.4 is 10.5 Å². The summed E-state index contributed by atoms with van der Waals surface area (Å²) in [5.74, 6) is 0.377. The summed E-state index contributed by atoms with van der Waals surface area (Å²) >= 11 is 6.13. The number of anilines is 1. The number of aryl methyl sites for hydroxylation is 1. The first-order chi connectivity index (χ1) is 8.88. The molecule has 0 saturated heterocycles. The minimum absolute atomic E-state index is 0.350. The second-order valence-corrected chi connectivity index (χ2v) is 6.49. The van der Waals surface area contributed by atoms with Gasteiger partial charge in [-0.15, -0.1) is 0 Å². The monoisotopic (exact) mass is 302 g/mol. The van der Waals surface area contributed by atoms with Crippen LogP contribution in [-0.4, -0.2) is 30.8 Å². The van der Waals surface area contributed by atoms with Crippen molar-refractivity contribution in [3.8, 4) is 0 Å². The third-order valence-electron chi connectivity index (χ3n) is 2.67. The summed E-state index contributed by atoms with van der Waals surface area (Å²) in [6.45, 7) is 0.900. The van der Waals surface area contributed by atoms with Crippen LogP contribution in [0.2, 0.25) is 5.02 Å². The number of para-hydroxylation sites is 1. The molecule has 2 aromatic rings. The van der Waals surface area contributed by atoms with Crippen LogP contribution in [0.1, 0.15) is 6.42 Å². The van der Waals surface area contributed by atoms with Crippen LogP contribution in [0.4, 0.5) is 5.95 Å². The molecule has 0 aliphatic carbocycles. The average molecular weight is 303 g/mol. The number of halogens is 1. The van der Waals surface area contributed by atoms with Gasteiger partial charge in [0.1, 0.15) is 0 Å². The smallest absolute Gasteiger partial charge is 0.208 e. The maximum absolute atomic E-state index is 10.9. The lowest BCUT2D eigenvalue weighted by molar-refractivity contribution is 0.578. The number of nitrogens with one attached hydrogen (secondary N) is 1. The lowest BCUT2D eigenvalue weighted by atomic mass is 10.3. The van der Waals surface area contributed by atoms with Gasteiger partial charge in [-0.25, -0.2) is 18.1 Å². The van der Waals surface area contributed by atoms with Gasteiger partial charge >= 0.3 is 0 Å². The minimum Gasteiger partial charge on any atom is -0.369 e. The number of rotatable bonds is 5. The number of hydrogen-bond donors (Lipinski definition) is 2. The summed E-state index contributed by atoms with van der Waals surface area (Å²) in [6.07, 6.45) is 1.73. The number of nitrogens with zero attached hydrogens (tertiary/aromatic N) is 2. The molecule has 0 spiro atoms. The zero-order valence-corrected chi connectivity index (χ0v) is 12.0. The molecule has 8 heteroatoms. The summed E-state index contributed by atoms with van der Waals surface area (Å²) in [4.78, 5) is 4.22. The Morgan fingerprint density at radius 1 is 1.47 bits per heavy atom. The highest BCUT2D eigenvalue weighted by Crippen LogP contribution is 2.25. The molecule has 2 rings (SSSR count). The Labute approximate surface area is 116 Å². The molecule has 0 atom stereocenters. The summed E-state index contributed by atoms with van der Waals surface area (Å²) < 4.78 is 26.1. The van der Waals surface area contributed by atoms with E-state index in [-0.39, 0.29) is 0 Å². The zero-order chi connectivity index (χ0) is 14.0. The van der Waals surface area contributed by atoms with E-state index in [9.17, 15) is 8.42 Å². The summed E-state index contributed by atoms with van der Waals surface area (Å²) in [6, 6.07) is 5.42. The number of imidazole rings is 1. The molecule has 0 aliphatic rings. The highest BCUT2D eigenvalue weighted by atomic mass is 35.5. The van der Waals surface area contributed by atoms with Crippen LogP contribution in [0, 0.1) is 0 Å². The molecule has 1 aromatic heterocycles. The SMILES string of the molecule is CS(=O)(=O)NCCCn1c(N)nc2cccc(Cl)c21. The molecule has 1 heterocycles. The second kappa shape index (κ2) is 5.36. The lowest BCUT2D eigenvalue weighted by Gasteiger charge is -2.07. The molecule has 1 aromatic carbocycles. The standard InChI is InChI=1S/C11H15ClN4O2S/c1-19(17,18)14-6-3-7-16-10-8(12)4-2-5-9(10)15-11(16)13/h2,4-5,14H,3,6-7H2,1H3,(H2,13,15). The Kier molecular flexibility index (Phi) is 3.98. The van der Waals surface area contributed by atoms with E-state index in [1.807, 2.05) is 12.1 Å². The van der Waals surface area contributed by atoms with Crippen molar-refractivity contribution in [3.05, 3.63) is 23.2 Å². The van der Waals surface area contributed by atoms with Gasteiger partial charge in [-0.1, -0.05) is 17.7 Å². The van der Waals surface area contributed by atoms with E-state index in [0.29, 0.717) is 30.5 Å². The van der Waals surface area contributed by atoms with Crippen molar-refractivity contribution >= 4 is 38.6 Å². The first-order valence-corrected chi connectivity index (χ1v) is 8.00. The molecule has 0 bridgehead atoms. The van der Waals surface area contributed by atoms with Crippen LogP contribution in [0.3, 0.4) is 0 Å². The summed E-state index contributed by atoms with van der Waals surface area (Å²) in [5.41, 5.74) is 7.36. The fourth-order valence-electron chi connectivity index (χ4n) is 1.88. The van der Waals surface area contributed by atoms with Crippen LogP contribution in [0.5, 0.6) is 0 Å². The topological polar surface area (TPSA) is 90.0 Å². The van der Waals surface area contributed by atoms with Gasteiger partial charge < -0.3 is 10.3 Å². The van der Waals surface area contributed by atoms with Crippen molar-refractivity contribution < 1.29 is 8.42 Å². The van der Waals surface area contributed by atoms with E-state index in [4.69, 9.17) is 17.3 Å². The number of aromatic nitrogens is 2. The van der Waals surface area contributed by atoms with Crippen molar-refractivity contribution in [1.29, 1.82) is 0 Å². The van der Waals surface area contributed by atoms with Gasteiger partial charge in [0, 0.05) is 13.1 Å². The van der Waals surface area contributed by atoms with Crippen LogP contribution in [0.15, 0.2) is 18.2 Å². The van der Waals surface area contributed by atoms with E-state index >= 15 is 0 Å². The molecule has 0 aliphatic heterocycles. The molecule has 0 unspecified atom stereocenters. The number of sulfonamides is 1. The minimum atomic E-state index is -3.16. The molecule has 3 N–H and O–H groups in total. The maximum atomic E-state index is 10.9. The van der Waals surface area contributed by atoms with Crippen molar-refractivity contribution in [3.63, 3.8) is 0 Å². The Morgan fingerprint density at radius 3 is 2.89 bits per heavy atom. The number of benzene rings is 1. The van der Waals surface area contributed by atoms with Crippen molar-refractivity contribution in [1.82, 2.24) is 14.3 Å². The average Bonchev–Trinajstić information content (AvgIpc) is 2.61. The van der Waals surface area contributed by atoms with Crippen LogP contribution >= 0.6 is 11.6 Å². The molecule has 0 radical (unpaired) electrons. The predicted octanol–water partition coefficient (Wildman–Crippen LogP) is 1.21. The number of nitrogens with two attached hydrogens (primary N) is 1. The Bertz CT molecular complexity index is 696. The highest BCUT2D eigenvalue weighted by Gasteiger charge is 2.10. The fraction of sp³-hybridized carbons (Fsp3) is 0.364. The Morgan fingerprint density at radius 2 is 2.21 bits per heavy atom. The fourth-order valence-corrected chi connectivity index (χ4v) is 2.67. The van der Waals surface area contributed by atoms with E-state index in [0.717, 1.165) is 17.3 Å². The number of nitrogen functional groups attached to an aromatic ring is 1. The first kappa shape index (κ1) is 14.1. The van der Waals surface area contributed by atoms with Crippen molar-refractivity contribution in [2.45, 2.75) is 13.0 Å². The van der Waals surface area contributed by atoms with Gasteiger partial charge in [-0.2, -0.15) is 0 Å². The van der Waals surface area contributed by atoms with E-state index in [1.165, 1.54) is 0 Å². The van der Waals surface area contributed by atoms with E-state index in [1.54, 1.807) is 10.6 Å². The van der Waals surface area contributed by atoms with Gasteiger partial charge in [0.15, 0.2) is 0 Å². The second-order valence-electron chi connectivity index (χ2n) is 4.25. The third kappa shape index (κ3) is 3.37. The first-order valence-electron chi connectivity index (χ1n) is 5.73. The molecule has 19 heavy (non-hydrogen) atoms.